The van der Waals surface area contributed by atoms with Crippen molar-refractivity contribution in [2.75, 3.05) is 6.54 Å². The van der Waals surface area contributed by atoms with E-state index in [4.69, 9.17) is 0 Å². The molecule has 0 aliphatic carbocycles. The first-order valence-corrected chi connectivity index (χ1v) is 7.95. The van der Waals surface area contributed by atoms with Crippen molar-refractivity contribution >= 4 is 26.8 Å². The van der Waals surface area contributed by atoms with Crippen LogP contribution in [0.2, 0.25) is 0 Å². The molecular formula is C17H18BrN3. The van der Waals surface area contributed by atoms with E-state index in [0.29, 0.717) is 0 Å². The maximum absolute atomic E-state index is 4.45. The van der Waals surface area contributed by atoms with Crippen LogP contribution in [0.1, 0.15) is 18.2 Å². The van der Waals surface area contributed by atoms with E-state index in [9.17, 15) is 0 Å². The molecule has 2 aromatic heterocycles. The molecule has 0 fully saturated rings. The second-order valence-electron chi connectivity index (χ2n) is 5.04. The highest BCUT2D eigenvalue weighted by Gasteiger charge is 2.06. The summed E-state index contributed by atoms with van der Waals surface area (Å²) in [5.74, 6) is 0. The van der Waals surface area contributed by atoms with E-state index in [1.165, 1.54) is 16.5 Å². The molecule has 0 atom stereocenters. The Labute approximate surface area is 133 Å². The monoisotopic (exact) mass is 343 g/mol. The normalized spacial score (nSPS) is 11.1. The van der Waals surface area contributed by atoms with E-state index >= 15 is 0 Å². The van der Waals surface area contributed by atoms with Crippen LogP contribution in [0.15, 0.2) is 53.3 Å². The van der Waals surface area contributed by atoms with Gasteiger partial charge in [0.15, 0.2) is 0 Å². The van der Waals surface area contributed by atoms with Crippen molar-refractivity contribution in [1.82, 2.24) is 14.9 Å². The number of rotatable bonds is 5. The van der Waals surface area contributed by atoms with Crippen LogP contribution in [0.5, 0.6) is 0 Å². The number of hydrogen-bond acceptors (Lipinski definition) is 2. The standard InChI is InChI=1S/C17H18BrN3/c1-2-19-10-13-4-3-5-17-16(13)8-9-21(17)12-15-7-6-14(18)11-20-15/h3-9,11,19H,2,10,12H2,1H3. The van der Waals surface area contributed by atoms with Crippen LogP contribution in [0.3, 0.4) is 0 Å². The van der Waals surface area contributed by atoms with Gasteiger partial charge in [0.1, 0.15) is 0 Å². The molecule has 3 nitrogen and oxygen atoms in total. The maximum atomic E-state index is 4.45. The van der Waals surface area contributed by atoms with Crippen LogP contribution in [0, 0.1) is 0 Å². The Morgan fingerprint density at radius 2 is 2.10 bits per heavy atom. The fraction of sp³-hybridized carbons (Fsp3) is 0.235. The van der Waals surface area contributed by atoms with Gasteiger partial charge >= 0.3 is 0 Å². The highest BCUT2D eigenvalue weighted by molar-refractivity contribution is 9.10. The lowest BCUT2D eigenvalue weighted by atomic mass is 10.1. The summed E-state index contributed by atoms with van der Waals surface area (Å²) in [4.78, 5) is 4.45. The van der Waals surface area contributed by atoms with E-state index in [1.54, 1.807) is 0 Å². The third-order valence-corrected chi connectivity index (χ3v) is 4.06. The summed E-state index contributed by atoms with van der Waals surface area (Å²) >= 11 is 3.42. The van der Waals surface area contributed by atoms with Gasteiger partial charge in [0.05, 0.1) is 12.2 Å². The molecule has 0 amide bonds. The summed E-state index contributed by atoms with van der Waals surface area (Å²) in [7, 11) is 0. The molecule has 0 aliphatic rings. The topological polar surface area (TPSA) is 29.9 Å². The van der Waals surface area contributed by atoms with Gasteiger partial charge in [-0.3, -0.25) is 4.98 Å². The lowest BCUT2D eigenvalue weighted by Crippen LogP contribution is -2.11. The molecule has 0 aliphatic heterocycles. The Morgan fingerprint density at radius 1 is 1.19 bits per heavy atom. The van der Waals surface area contributed by atoms with E-state index in [1.807, 2.05) is 12.3 Å². The number of benzene rings is 1. The molecule has 3 aromatic rings. The van der Waals surface area contributed by atoms with Crippen molar-refractivity contribution < 1.29 is 0 Å². The lowest BCUT2D eigenvalue weighted by molar-refractivity contribution is 0.730. The van der Waals surface area contributed by atoms with Gasteiger partial charge in [0, 0.05) is 34.3 Å². The van der Waals surface area contributed by atoms with E-state index in [0.717, 1.165) is 29.8 Å². The van der Waals surface area contributed by atoms with Crippen LogP contribution in [-0.4, -0.2) is 16.1 Å². The SMILES string of the molecule is CCNCc1cccc2c1ccn2Cc1ccc(Br)cn1. The third kappa shape index (κ3) is 3.17. The molecule has 0 saturated heterocycles. The average Bonchev–Trinajstić information content (AvgIpc) is 2.91. The second kappa shape index (κ2) is 6.41. The maximum Gasteiger partial charge on any atom is 0.0648 e. The summed E-state index contributed by atoms with van der Waals surface area (Å²) in [6.45, 7) is 4.82. The van der Waals surface area contributed by atoms with Crippen molar-refractivity contribution in [2.45, 2.75) is 20.0 Å². The Kier molecular flexibility index (Phi) is 4.36. The molecule has 3 rings (SSSR count). The number of hydrogen-bond donors (Lipinski definition) is 1. The molecule has 4 heteroatoms. The number of pyridine rings is 1. The first-order chi connectivity index (χ1) is 10.3. The summed E-state index contributed by atoms with van der Waals surface area (Å²) < 4.78 is 3.26. The molecule has 1 N–H and O–H groups in total. The third-order valence-electron chi connectivity index (χ3n) is 3.59. The Bertz CT molecular complexity index is 731. The molecule has 2 heterocycles. The Balaban J connectivity index is 1.91. The van der Waals surface area contributed by atoms with Crippen LogP contribution in [0.4, 0.5) is 0 Å². The number of nitrogens with one attached hydrogen (secondary N) is 1. The largest absolute Gasteiger partial charge is 0.341 e. The molecule has 0 spiro atoms. The van der Waals surface area contributed by atoms with Crippen LogP contribution in [-0.2, 0) is 13.1 Å². The Hall–Kier alpha value is -1.65. The molecule has 21 heavy (non-hydrogen) atoms. The molecule has 0 unspecified atom stereocenters. The summed E-state index contributed by atoms with van der Waals surface area (Å²) in [6, 6.07) is 12.8. The van der Waals surface area contributed by atoms with Gasteiger partial charge in [0.2, 0.25) is 0 Å². The molecule has 0 bridgehead atoms. The van der Waals surface area contributed by atoms with Gasteiger partial charge in [-0.25, -0.2) is 0 Å². The zero-order valence-electron chi connectivity index (χ0n) is 12.0. The number of nitrogens with zero attached hydrogens (tertiary/aromatic N) is 2. The Morgan fingerprint density at radius 3 is 2.86 bits per heavy atom. The van der Waals surface area contributed by atoms with Gasteiger partial charge in [-0.05, 0) is 52.3 Å². The van der Waals surface area contributed by atoms with Crippen molar-refractivity contribution in [2.24, 2.45) is 0 Å². The van der Waals surface area contributed by atoms with Crippen molar-refractivity contribution in [1.29, 1.82) is 0 Å². The summed E-state index contributed by atoms with van der Waals surface area (Å²) in [5.41, 5.74) is 3.67. The van der Waals surface area contributed by atoms with Crippen LogP contribution < -0.4 is 5.32 Å². The molecular weight excluding hydrogens is 326 g/mol. The predicted molar refractivity (Wildman–Crippen MR) is 90.4 cm³/mol. The van der Waals surface area contributed by atoms with Crippen LogP contribution in [0.25, 0.3) is 10.9 Å². The van der Waals surface area contributed by atoms with E-state index in [-0.39, 0.29) is 0 Å². The molecule has 1 aromatic carbocycles. The lowest BCUT2D eigenvalue weighted by Gasteiger charge is -2.07. The number of halogens is 1. The number of fused-ring (bicyclic) bond motifs is 1. The van der Waals surface area contributed by atoms with Gasteiger partial charge in [-0.15, -0.1) is 0 Å². The fourth-order valence-corrected chi connectivity index (χ4v) is 2.75. The average molecular weight is 344 g/mol. The van der Waals surface area contributed by atoms with Gasteiger partial charge in [-0.1, -0.05) is 19.1 Å². The zero-order chi connectivity index (χ0) is 14.7. The van der Waals surface area contributed by atoms with Crippen LogP contribution >= 0.6 is 15.9 Å². The van der Waals surface area contributed by atoms with Crippen molar-refractivity contribution in [3.63, 3.8) is 0 Å². The summed E-state index contributed by atoms with van der Waals surface area (Å²) in [5, 5.41) is 4.71. The predicted octanol–water partition coefficient (Wildman–Crippen LogP) is 3.96. The highest BCUT2D eigenvalue weighted by Crippen LogP contribution is 2.21. The zero-order valence-corrected chi connectivity index (χ0v) is 13.6. The first kappa shape index (κ1) is 14.3. The highest BCUT2D eigenvalue weighted by atomic mass is 79.9. The molecule has 0 radical (unpaired) electrons. The summed E-state index contributed by atoms with van der Waals surface area (Å²) in [6.07, 6.45) is 3.99. The van der Waals surface area contributed by atoms with Crippen molar-refractivity contribution in [3.05, 3.63) is 64.5 Å². The fourth-order valence-electron chi connectivity index (χ4n) is 2.51. The van der Waals surface area contributed by atoms with Gasteiger partial charge < -0.3 is 9.88 Å². The number of aromatic nitrogens is 2. The smallest absolute Gasteiger partial charge is 0.0648 e. The first-order valence-electron chi connectivity index (χ1n) is 7.16. The molecule has 0 saturated carbocycles. The van der Waals surface area contributed by atoms with Gasteiger partial charge in [-0.2, -0.15) is 0 Å². The minimum absolute atomic E-state index is 0.793. The minimum Gasteiger partial charge on any atom is -0.341 e. The minimum atomic E-state index is 0.793. The van der Waals surface area contributed by atoms with Crippen molar-refractivity contribution in [3.8, 4) is 0 Å². The van der Waals surface area contributed by atoms with Gasteiger partial charge in [0.25, 0.3) is 0 Å². The second-order valence-corrected chi connectivity index (χ2v) is 5.96. The van der Waals surface area contributed by atoms with E-state index in [2.05, 4.69) is 74.3 Å². The van der Waals surface area contributed by atoms with E-state index < -0.39 is 0 Å². The molecule has 108 valence electrons. The quantitative estimate of drug-likeness (QED) is 0.759.